The zero-order chi connectivity index (χ0) is 9.84. The number of anilines is 1. The van der Waals surface area contributed by atoms with Gasteiger partial charge in [0.15, 0.2) is 0 Å². The highest BCUT2D eigenvalue weighted by Gasteiger charge is 2.02. The fourth-order valence-electron chi connectivity index (χ4n) is 0.948. The molecular weight excluding hydrogens is 166 g/mol. The highest BCUT2D eigenvalue weighted by molar-refractivity contribution is 5.91. The molecule has 0 aliphatic rings. The summed E-state index contributed by atoms with van der Waals surface area (Å²) in [5.74, 6) is 0.165. The highest BCUT2D eigenvalue weighted by atomic mass is 16.1. The average molecular weight is 179 g/mol. The fraction of sp³-hybridized carbons (Fsp3) is 0.333. The van der Waals surface area contributed by atoms with E-state index >= 15 is 0 Å². The number of nitrogens with zero attached hydrogens (tertiary/aromatic N) is 1. The summed E-state index contributed by atoms with van der Waals surface area (Å²) in [4.78, 5) is 14.8. The van der Waals surface area contributed by atoms with Crippen molar-refractivity contribution < 1.29 is 4.79 Å². The lowest BCUT2D eigenvalue weighted by Gasteiger charge is -2.08. The van der Waals surface area contributed by atoms with Gasteiger partial charge in [-0.1, -0.05) is 6.07 Å². The minimum absolute atomic E-state index is 0.283. The highest BCUT2D eigenvalue weighted by Crippen LogP contribution is 2.05. The van der Waals surface area contributed by atoms with Crippen molar-refractivity contribution in [2.45, 2.75) is 19.9 Å². The number of pyridine rings is 1. The van der Waals surface area contributed by atoms with Gasteiger partial charge in [-0.05, 0) is 26.0 Å². The molecule has 0 spiro atoms. The molecule has 0 aliphatic carbocycles. The molecule has 4 nitrogen and oxygen atoms in total. The smallest absolute Gasteiger partial charge is 0.267 e. The second-order valence-electron chi connectivity index (χ2n) is 3.07. The van der Waals surface area contributed by atoms with Crippen molar-refractivity contribution in [3.05, 3.63) is 23.9 Å². The minimum atomic E-state index is -0.507. The molecule has 0 radical (unpaired) electrons. The second kappa shape index (κ2) is 3.89. The van der Waals surface area contributed by atoms with Crippen LogP contribution < -0.4 is 11.1 Å². The summed E-state index contributed by atoms with van der Waals surface area (Å²) in [6.07, 6.45) is 0. The van der Waals surface area contributed by atoms with Crippen LogP contribution in [0.3, 0.4) is 0 Å². The number of amides is 1. The summed E-state index contributed by atoms with van der Waals surface area (Å²) in [6, 6.07) is 5.42. The van der Waals surface area contributed by atoms with Crippen LogP contribution in [0.25, 0.3) is 0 Å². The molecule has 1 amide bonds. The Bertz CT molecular complexity index is 309. The Hall–Kier alpha value is -1.58. The lowest BCUT2D eigenvalue weighted by molar-refractivity contribution is 0.0995. The molecule has 1 rings (SSSR count). The molecule has 0 aliphatic heterocycles. The van der Waals surface area contributed by atoms with E-state index in [0.29, 0.717) is 5.82 Å². The van der Waals surface area contributed by atoms with Gasteiger partial charge in [0, 0.05) is 6.04 Å². The first-order valence-electron chi connectivity index (χ1n) is 4.13. The van der Waals surface area contributed by atoms with Crippen LogP contribution in [0.4, 0.5) is 5.82 Å². The van der Waals surface area contributed by atoms with E-state index in [9.17, 15) is 4.79 Å². The average Bonchev–Trinajstić information content (AvgIpc) is 2.03. The van der Waals surface area contributed by atoms with Gasteiger partial charge in [-0.3, -0.25) is 4.79 Å². The van der Waals surface area contributed by atoms with Gasteiger partial charge in [-0.2, -0.15) is 0 Å². The van der Waals surface area contributed by atoms with Crippen molar-refractivity contribution in [2.75, 3.05) is 5.32 Å². The molecule has 4 heteroatoms. The van der Waals surface area contributed by atoms with E-state index in [1.54, 1.807) is 18.2 Å². The first-order chi connectivity index (χ1) is 6.09. The molecule has 0 unspecified atom stereocenters. The maximum absolute atomic E-state index is 10.8. The Morgan fingerprint density at radius 2 is 2.23 bits per heavy atom. The standard InChI is InChI=1S/C9H13N3O/c1-6(2)11-8-5-3-4-7(12-8)9(10)13/h3-6H,1-2H3,(H2,10,13)(H,11,12). The normalized spacial score (nSPS) is 10.1. The molecule has 70 valence electrons. The van der Waals surface area contributed by atoms with Crippen LogP contribution in [-0.4, -0.2) is 16.9 Å². The molecule has 1 aromatic rings. The first-order valence-corrected chi connectivity index (χ1v) is 4.13. The van der Waals surface area contributed by atoms with Crippen LogP contribution in [0, 0.1) is 0 Å². The molecule has 1 heterocycles. The van der Waals surface area contributed by atoms with Crippen molar-refractivity contribution in [1.29, 1.82) is 0 Å². The summed E-state index contributed by atoms with van der Waals surface area (Å²) in [5.41, 5.74) is 5.37. The predicted molar refractivity (Wildman–Crippen MR) is 51.5 cm³/mol. The molecule has 0 aromatic carbocycles. The number of hydrogen-bond donors (Lipinski definition) is 2. The van der Waals surface area contributed by atoms with E-state index < -0.39 is 5.91 Å². The molecule has 13 heavy (non-hydrogen) atoms. The summed E-state index contributed by atoms with van der Waals surface area (Å²) in [6.45, 7) is 4.00. The third kappa shape index (κ3) is 2.74. The number of nitrogens with one attached hydrogen (secondary N) is 1. The summed E-state index contributed by atoms with van der Waals surface area (Å²) >= 11 is 0. The maximum atomic E-state index is 10.8. The van der Waals surface area contributed by atoms with Gasteiger partial charge in [-0.25, -0.2) is 4.98 Å². The largest absolute Gasteiger partial charge is 0.368 e. The van der Waals surface area contributed by atoms with Crippen LogP contribution in [-0.2, 0) is 0 Å². The number of carbonyl (C=O) groups excluding carboxylic acids is 1. The van der Waals surface area contributed by atoms with Crippen molar-refractivity contribution in [2.24, 2.45) is 5.73 Å². The Morgan fingerprint density at radius 3 is 2.77 bits per heavy atom. The molecular formula is C9H13N3O. The molecule has 0 saturated heterocycles. The van der Waals surface area contributed by atoms with Gasteiger partial charge in [-0.15, -0.1) is 0 Å². The maximum Gasteiger partial charge on any atom is 0.267 e. The number of aromatic nitrogens is 1. The minimum Gasteiger partial charge on any atom is -0.368 e. The lowest BCUT2D eigenvalue weighted by Crippen LogP contribution is -2.16. The molecule has 3 N–H and O–H groups in total. The summed E-state index contributed by atoms with van der Waals surface area (Å²) in [7, 11) is 0. The quantitative estimate of drug-likeness (QED) is 0.727. The van der Waals surface area contributed by atoms with E-state index in [1.165, 1.54) is 0 Å². The van der Waals surface area contributed by atoms with Gasteiger partial charge in [0.05, 0.1) is 0 Å². The van der Waals surface area contributed by atoms with Crippen molar-refractivity contribution >= 4 is 11.7 Å². The SMILES string of the molecule is CC(C)Nc1cccc(C(N)=O)n1. The Kier molecular flexibility index (Phi) is 2.84. The number of rotatable bonds is 3. The van der Waals surface area contributed by atoms with E-state index in [0.717, 1.165) is 0 Å². The number of primary amides is 1. The van der Waals surface area contributed by atoms with Crippen molar-refractivity contribution in [3.8, 4) is 0 Å². The van der Waals surface area contributed by atoms with E-state index in [-0.39, 0.29) is 11.7 Å². The van der Waals surface area contributed by atoms with E-state index in [4.69, 9.17) is 5.73 Å². The fourth-order valence-corrected chi connectivity index (χ4v) is 0.948. The Balaban J connectivity index is 2.85. The number of carbonyl (C=O) groups is 1. The summed E-state index contributed by atoms with van der Waals surface area (Å²) in [5, 5.41) is 3.08. The lowest BCUT2D eigenvalue weighted by atomic mass is 10.3. The zero-order valence-corrected chi connectivity index (χ0v) is 7.74. The second-order valence-corrected chi connectivity index (χ2v) is 3.07. The molecule has 0 saturated carbocycles. The Labute approximate surface area is 77.2 Å². The summed E-state index contributed by atoms with van der Waals surface area (Å²) < 4.78 is 0. The molecule has 0 atom stereocenters. The van der Waals surface area contributed by atoms with Crippen LogP contribution in [0.1, 0.15) is 24.3 Å². The van der Waals surface area contributed by atoms with Gasteiger partial charge >= 0.3 is 0 Å². The van der Waals surface area contributed by atoms with E-state index in [2.05, 4.69) is 10.3 Å². The molecule has 1 aromatic heterocycles. The van der Waals surface area contributed by atoms with Gasteiger partial charge in [0.2, 0.25) is 0 Å². The molecule has 0 fully saturated rings. The number of nitrogens with two attached hydrogens (primary N) is 1. The van der Waals surface area contributed by atoms with Gasteiger partial charge in [0.1, 0.15) is 11.5 Å². The third-order valence-electron chi connectivity index (χ3n) is 1.44. The van der Waals surface area contributed by atoms with Gasteiger partial charge < -0.3 is 11.1 Å². The Morgan fingerprint density at radius 1 is 1.54 bits per heavy atom. The van der Waals surface area contributed by atoms with Crippen LogP contribution in [0.2, 0.25) is 0 Å². The number of hydrogen-bond acceptors (Lipinski definition) is 3. The third-order valence-corrected chi connectivity index (χ3v) is 1.44. The van der Waals surface area contributed by atoms with Crippen LogP contribution in [0.5, 0.6) is 0 Å². The van der Waals surface area contributed by atoms with E-state index in [1.807, 2.05) is 13.8 Å². The van der Waals surface area contributed by atoms with Gasteiger partial charge in [0.25, 0.3) is 5.91 Å². The zero-order valence-electron chi connectivity index (χ0n) is 7.74. The van der Waals surface area contributed by atoms with Crippen LogP contribution in [0.15, 0.2) is 18.2 Å². The molecule has 0 bridgehead atoms. The predicted octanol–water partition coefficient (Wildman–Crippen LogP) is 1.00. The topological polar surface area (TPSA) is 68.0 Å². The van der Waals surface area contributed by atoms with Crippen molar-refractivity contribution in [3.63, 3.8) is 0 Å². The van der Waals surface area contributed by atoms with Crippen LogP contribution >= 0.6 is 0 Å². The first kappa shape index (κ1) is 9.51. The monoisotopic (exact) mass is 179 g/mol. The van der Waals surface area contributed by atoms with Crippen molar-refractivity contribution in [1.82, 2.24) is 4.98 Å².